The number of nitrogens with two attached hydrogens (primary N) is 1. The summed E-state index contributed by atoms with van der Waals surface area (Å²) in [6.07, 6.45) is 3.42. The van der Waals surface area contributed by atoms with Gasteiger partial charge in [0.25, 0.3) is 5.91 Å². The van der Waals surface area contributed by atoms with E-state index >= 15 is 0 Å². The highest BCUT2D eigenvalue weighted by Crippen LogP contribution is 2.29. The molecule has 6 heteroatoms. The summed E-state index contributed by atoms with van der Waals surface area (Å²) < 4.78 is 24.8. The van der Waals surface area contributed by atoms with Crippen molar-refractivity contribution in [3.8, 4) is 0 Å². The van der Waals surface area contributed by atoms with Crippen LogP contribution in [0.1, 0.15) is 43.0 Å². The van der Waals surface area contributed by atoms with Crippen LogP contribution in [0.5, 0.6) is 0 Å². The lowest BCUT2D eigenvalue weighted by molar-refractivity contribution is 0.0941. The van der Waals surface area contributed by atoms with Crippen molar-refractivity contribution in [3.05, 3.63) is 29.8 Å². The third-order valence-electron chi connectivity index (χ3n) is 3.92. The summed E-state index contributed by atoms with van der Waals surface area (Å²) in [6, 6.07) is 6.05. The van der Waals surface area contributed by atoms with E-state index in [0.717, 1.165) is 25.7 Å². The average molecular weight is 310 g/mol. The van der Waals surface area contributed by atoms with Crippen LogP contribution < -0.4 is 11.1 Å². The molecule has 1 aromatic rings. The van der Waals surface area contributed by atoms with Crippen LogP contribution in [-0.2, 0) is 9.84 Å². The van der Waals surface area contributed by atoms with E-state index in [0.29, 0.717) is 17.0 Å². The number of rotatable bonds is 5. The van der Waals surface area contributed by atoms with Gasteiger partial charge in [-0.15, -0.1) is 0 Å². The second kappa shape index (κ2) is 6.58. The van der Waals surface area contributed by atoms with E-state index in [1.807, 2.05) is 6.92 Å². The van der Waals surface area contributed by atoms with Gasteiger partial charge in [-0.25, -0.2) is 8.42 Å². The molecule has 1 amide bonds. The Bertz CT molecular complexity index is 590. The van der Waals surface area contributed by atoms with Gasteiger partial charge in [-0.3, -0.25) is 4.79 Å². The molecule has 1 aliphatic rings. The topological polar surface area (TPSA) is 89.3 Å². The first-order valence-corrected chi connectivity index (χ1v) is 8.84. The SMILES string of the molecule is C[C@@H](CN)NC(=O)c1ccc(S(=O)(=O)C2CCCC2)cc1. The number of carbonyl (C=O) groups excluding carboxylic acids is 1. The van der Waals surface area contributed by atoms with Gasteiger partial charge >= 0.3 is 0 Å². The molecule has 5 nitrogen and oxygen atoms in total. The Hall–Kier alpha value is -1.40. The Kier molecular flexibility index (Phi) is 5.00. The van der Waals surface area contributed by atoms with Crippen LogP contribution in [-0.4, -0.2) is 32.2 Å². The van der Waals surface area contributed by atoms with Crippen molar-refractivity contribution >= 4 is 15.7 Å². The zero-order valence-corrected chi connectivity index (χ0v) is 13.0. The standard InChI is InChI=1S/C15H22N2O3S/c1-11(10-16)17-15(18)12-6-8-14(9-7-12)21(19,20)13-4-2-3-5-13/h6-9,11,13H,2-5,10,16H2,1H3,(H,17,18)/t11-/m0/s1. The quantitative estimate of drug-likeness (QED) is 0.862. The lowest BCUT2D eigenvalue weighted by Crippen LogP contribution is -2.37. The van der Waals surface area contributed by atoms with Crippen molar-refractivity contribution in [1.29, 1.82) is 0 Å². The van der Waals surface area contributed by atoms with E-state index in [1.165, 1.54) is 12.1 Å². The summed E-state index contributed by atoms with van der Waals surface area (Å²) >= 11 is 0. The molecule has 0 spiro atoms. The predicted molar refractivity (Wildman–Crippen MR) is 81.9 cm³/mol. The highest BCUT2D eigenvalue weighted by Gasteiger charge is 2.30. The molecule has 0 aromatic heterocycles. The molecule has 21 heavy (non-hydrogen) atoms. The van der Waals surface area contributed by atoms with E-state index in [-0.39, 0.29) is 17.2 Å². The summed E-state index contributed by atoms with van der Waals surface area (Å²) in [6.45, 7) is 2.18. The molecule has 1 fully saturated rings. The third-order valence-corrected chi connectivity index (χ3v) is 6.20. The summed E-state index contributed by atoms with van der Waals surface area (Å²) in [5.41, 5.74) is 5.90. The van der Waals surface area contributed by atoms with Crippen LogP contribution in [0.15, 0.2) is 29.2 Å². The highest BCUT2D eigenvalue weighted by molar-refractivity contribution is 7.92. The van der Waals surface area contributed by atoms with Gasteiger partial charge < -0.3 is 11.1 Å². The van der Waals surface area contributed by atoms with Gasteiger partial charge in [0.15, 0.2) is 9.84 Å². The molecule has 1 saturated carbocycles. The van der Waals surface area contributed by atoms with Gasteiger partial charge in [-0.1, -0.05) is 12.8 Å². The van der Waals surface area contributed by atoms with Gasteiger partial charge in [0.05, 0.1) is 10.1 Å². The van der Waals surface area contributed by atoms with Crippen molar-refractivity contribution < 1.29 is 13.2 Å². The molecule has 1 aliphatic carbocycles. The molecule has 2 rings (SSSR count). The minimum absolute atomic E-state index is 0.112. The molecule has 0 aliphatic heterocycles. The molecule has 3 N–H and O–H groups in total. The molecule has 0 heterocycles. The van der Waals surface area contributed by atoms with Crippen LogP contribution in [0, 0.1) is 0 Å². The van der Waals surface area contributed by atoms with Gasteiger partial charge in [0.1, 0.15) is 0 Å². The highest BCUT2D eigenvalue weighted by atomic mass is 32.2. The number of benzene rings is 1. The predicted octanol–water partition coefficient (Wildman–Crippen LogP) is 1.48. The van der Waals surface area contributed by atoms with Crippen LogP contribution in [0.3, 0.4) is 0 Å². The zero-order chi connectivity index (χ0) is 15.5. The maximum atomic E-state index is 12.4. The van der Waals surface area contributed by atoms with Crippen LogP contribution in [0.25, 0.3) is 0 Å². The van der Waals surface area contributed by atoms with Crippen molar-refractivity contribution in [1.82, 2.24) is 5.32 Å². The van der Waals surface area contributed by atoms with Crippen molar-refractivity contribution in [2.24, 2.45) is 5.73 Å². The average Bonchev–Trinajstić information content (AvgIpc) is 3.02. The van der Waals surface area contributed by atoms with E-state index in [9.17, 15) is 13.2 Å². The van der Waals surface area contributed by atoms with Crippen LogP contribution in [0.4, 0.5) is 0 Å². The minimum Gasteiger partial charge on any atom is -0.348 e. The molecule has 0 unspecified atom stereocenters. The first-order valence-electron chi connectivity index (χ1n) is 7.30. The number of sulfone groups is 1. The molecule has 1 aromatic carbocycles. The first kappa shape index (κ1) is 16.0. The first-order chi connectivity index (χ1) is 9.95. The van der Waals surface area contributed by atoms with Crippen molar-refractivity contribution in [2.75, 3.05) is 6.54 Å². The summed E-state index contributed by atoms with van der Waals surface area (Å²) in [4.78, 5) is 12.2. The fourth-order valence-corrected chi connectivity index (χ4v) is 4.41. The largest absolute Gasteiger partial charge is 0.348 e. The van der Waals surface area contributed by atoms with E-state index in [1.54, 1.807) is 12.1 Å². The fraction of sp³-hybridized carbons (Fsp3) is 0.533. The normalized spacial score (nSPS) is 17.6. The Morgan fingerprint density at radius 1 is 1.29 bits per heavy atom. The second-order valence-corrected chi connectivity index (χ2v) is 7.81. The number of amides is 1. The number of hydrogen-bond donors (Lipinski definition) is 2. The number of nitrogens with one attached hydrogen (secondary N) is 1. The van der Waals surface area contributed by atoms with Crippen molar-refractivity contribution in [2.45, 2.75) is 48.8 Å². The second-order valence-electron chi connectivity index (χ2n) is 5.59. The van der Waals surface area contributed by atoms with Gasteiger partial charge in [-0.05, 0) is 44.0 Å². The maximum absolute atomic E-state index is 12.4. The Morgan fingerprint density at radius 2 is 1.86 bits per heavy atom. The summed E-state index contributed by atoms with van der Waals surface area (Å²) in [5, 5.41) is 2.48. The van der Waals surface area contributed by atoms with Crippen LogP contribution in [0.2, 0.25) is 0 Å². The lowest BCUT2D eigenvalue weighted by Gasteiger charge is -2.13. The number of carbonyl (C=O) groups is 1. The summed E-state index contributed by atoms with van der Waals surface area (Å²) in [5.74, 6) is -0.238. The Balaban J connectivity index is 2.13. The Labute approximate surface area is 125 Å². The molecule has 116 valence electrons. The summed E-state index contributed by atoms with van der Waals surface area (Å²) in [7, 11) is -3.26. The monoisotopic (exact) mass is 310 g/mol. The molecular weight excluding hydrogens is 288 g/mol. The molecule has 0 bridgehead atoms. The zero-order valence-electron chi connectivity index (χ0n) is 12.2. The van der Waals surface area contributed by atoms with E-state index in [4.69, 9.17) is 5.73 Å². The third kappa shape index (κ3) is 3.63. The van der Waals surface area contributed by atoms with Crippen molar-refractivity contribution in [3.63, 3.8) is 0 Å². The van der Waals surface area contributed by atoms with E-state index in [2.05, 4.69) is 5.32 Å². The number of hydrogen-bond acceptors (Lipinski definition) is 4. The maximum Gasteiger partial charge on any atom is 0.251 e. The molecule has 0 saturated heterocycles. The molecular formula is C15H22N2O3S. The van der Waals surface area contributed by atoms with Gasteiger partial charge in [-0.2, -0.15) is 0 Å². The molecule has 1 atom stereocenters. The minimum atomic E-state index is -3.26. The lowest BCUT2D eigenvalue weighted by atomic mass is 10.2. The van der Waals surface area contributed by atoms with E-state index < -0.39 is 9.84 Å². The Morgan fingerprint density at radius 3 is 2.38 bits per heavy atom. The molecule has 0 radical (unpaired) electrons. The smallest absolute Gasteiger partial charge is 0.251 e. The van der Waals surface area contributed by atoms with Gasteiger partial charge in [0, 0.05) is 18.2 Å². The van der Waals surface area contributed by atoms with Crippen LogP contribution >= 0.6 is 0 Å². The fourth-order valence-electron chi connectivity index (χ4n) is 2.55. The van der Waals surface area contributed by atoms with Gasteiger partial charge in [0.2, 0.25) is 0 Å².